The summed E-state index contributed by atoms with van der Waals surface area (Å²) in [5, 5.41) is 10.7. The van der Waals surface area contributed by atoms with Gasteiger partial charge >= 0.3 is 11.9 Å². The quantitative estimate of drug-likeness (QED) is 0.0737. The summed E-state index contributed by atoms with van der Waals surface area (Å²) in [6.45, 7) is 2.36. The van der Waals surface area contributed by atoms with Crippen molar-refractivity contribution >= 4 is 43.8 Å². The van der Waals surface area contributed by atoms with Crippen molar-refractivity contribution in [3.63, 3.8) is 0 Å². The molecule has 0 heterocycles. The highest BCUT2D eigenvalue weighted by atomic mass is 79.9. The van der Waals surface area contributed by atoms with E-state index in [1.165, 1.54) is 96.3 Å². The molecule has 0 aliphatic carbocycles. The van der Waals surface area contributed by atoms with E-state index in [9.17, 15) is 9.59 Å². The van der Waals surface area contributed by atoms with E-state index in [1.54, 1.807) is 0 Å². The zero-order valence-electron chi connectivity index (χ0n) is 20.7. The van der Waals surface area contributed by atoms with Crippen LogP contribution in [-0.2, 0) is 14.3 Å². The highest BCUT2D eigenvalue weighted by Crippen LogP contribution is 2.12. The second-order valence-corrected chi connectivity index (χ2v) is 10.0. The Labute approximate surface area is 215 Å². The fraction of sp³-hybridized carbons (Fsp3) is 0.923. The van der Waals surface area contributed by atoms with Crippen molar-refractivity contribution in [2.45, 2.75) is 135 Å². The molecule has 4 nitrogen and oxygen atoms in total. The minimum atomic E-state index is -0.662. The van der Waals surface area contributed by atoms with Crippen LogP contribution < -0.4 is 0 Å². The molecular weight excluding hydrogens is 536 g/mol. The average Bonchev–Trinajstić information content (AvgIpc) is 2.77. The zero-order valence-corrected chi connectivity index (χ0v) is 23.9. The minimum Gasteiger partial charge on any atom is -0.481 e. The molecule has 6 heteroatoms. The van der Waals surface area contributed by atoms with Gasteiger partial charge in [-0.15, -0.1) is 0 Å². The Balaban J connectivity index is 0. The van der Waals surface area contributed by atoms with E-state index in [2.05, 4.69) is 31.9 Å². The van der Waals surface area contributed by atoms with Crippen LogP contribution in [0.3, 0.4) is 0 Å². The van der Waals surface area contributed by atoms with Crippen LogP contribution in [0.1, 0.15) is 135 Å². The number of aliphatic carboxylic acids is 1. The molecule has 0 saturated carbocycles. The lowest BCUT2D eigenvalue weighted by atomic mass is 10.1. The summed E-state index contributed by atoms with van der Waals surface area (Å²) < 4.78 is 4.88. The lowest BCUT2D eigenvalue weighted by molar-refractivity contribution is -0.143. The molecule has 0 radical (unpaired) electrons. The molecular formula is C26H50Br2O4. The SMILES string of the molecule is CCOC(=O)CCCCCCCCCCCBr.O=C(O)CCCCCCCCCCCBr. The van der Waals surface area contributed by atoms with Crippen LogP contribution in [0.15, 0.2) is 0 Å². The van der Waals surface area contributed by atoms with Gasteiger partial charge in [0.15, 0.2) is 0 Å². The van der Waals surface area contributed by atoms with Crippen molar-refractivity contribution in [1.82, 2.24) is 0 Å². The number of unbranched alkanes of at least 4 members (excludes halogenated alkanes) is 16. The molecule has 0 bridgehead atoms. The van der Waals surface area contributed by atoms with Crippen LogP contribution >= 0.6 is 31.9 Å². The fourth-order valence-corrected chi connectivity index (χ4v) is 4.24. The Morgan fingerprint density at radius 1 is 0.562 bits per heavy atom. The van der Waals surface area contributed by atoms with E-state index in [0.29, 0.717) is 19.4 Å². The lowest BCUT2D eigenvalue weighted by Crippen LogP contribution is -2.03. The number of hydrogen-bond acceptors (Lipinski definition) is 3. The molecule has 0 aromatic rings. The van der Waals surface area contributed by atoms with Crippen LogP contribution in [0.4, 0.5) is 0 Å². The van der Waals surface area contributed by atoms with Crippen LogP contribution in [0, 0.1) is 0 Å². The number of rotatable bonds is 23. The van der Waals surface area contributed by atoms with E-state index in [-0.39, 0.29) is 5.97 Å². The summed E-state index contributed by atoms with van der Waals surface area (Å²) in [5.74, 6) is -0.702. The Bertz CT molecular complexity index is 392. The molecule has 0 saturated heterocycles. The highest BCUT2D eigenvalue weighted by Gasteiger charge is 2.00. The maximum Gasteiger partial charge on any atom is 0.305 e. The summed E-state index contributed by atoms with van der Waals surface area (Å²) in [6.07, 6.45) is 23.4. The number of carbonyl (C=O) groups is 2. The standard InChI is InChI=1S/C14H27BrO2.C12H23BrO2/c1-2-17-14(16)12-10-8-6-4-3-5-7-9-11-13-15;13-11-9-7-5-3-1-2-4-6-8-10-12(14)15/h2-13H2,1H3;1-11H2,(H,14,15). The lowest BCUT2D eigenvalue weighted by Gasteiger charge is -2.02. The number of carbonyl (C=O) groups excluding carboxylic acids is 1. The molecule has 1 N–H and O–H groups in total. The van der Waals surface area contributed by atoms with E-state index < -0.39 is 5.97 Å². The van der Waals surface area contributed by atoms with Gasteiger partial charge in [0.1, 0.15) is 0 Å². The molecule has 0 aliphatic heterocycles. The number of carboxylic acid groups (broad SMARTS) is 1. The van der Waals surface area contributed by atoms with Crippen LogP contribution in [0.5, 0.6) is 0 Å². The van der Waals surface area contributed by atoms with Crippen LogP contribution in [-0.4, -0.2) is 34.3 Å². The summed E-state index contributed by atoms with van der Waals surface area (Å²) in [7, 11) is 0. The number of carboxylic acids is 1. The molecule has 0 spiro atoms. The number of alkyl halides is 2. The first-order valence-electron chi connectivity index (χ1n) is 13.1. The third kappa shape index (κ3) is 34.5. The van der Waals surface area contributed by atoms with Crippen molar-refractivity contribution in [2.24, 2.45) is 0 Å². The van der Waals surface area contributed by atoms with Crippen molar-refractivity contribution in [3.05, 3.63) is 0 Å². The first kappa shape index (κ1) is 34.1. The molecule has 0 unspecified atom stereocenters. The highest BCUT2D eigenvalue weighted by molar-refractivity contribution is 9.09. The smallest absolute Gasteiger partial charge is 0.305 e. The first-order valence-corrected chi connectivity index (χ1v) is 15.3. The minimum absolute atomic E-state index is 0.0396. The van der Waals surface area contributed by atoms with Crippen LogP contribution in [0.2, 0.25) is 0 Å². The normalized spacial score (nSPS) is 10.5. The number of ether oxygens (including phenoxy) is 1. The Morgan fingerprint density at radius 3 is 1.19 bits per heavy atom. The second-order valence-electron chi connectivity index (χ2n) is 8.44. The van der Waals surface area contributed by atoms with Gasteiger partial charge in [-0.3, -0.25) is 9.59 Å². The van der Waals surface area contributed by atoms with Gasteiger partial charge in [0.2, 0.25) is 0 Å². The maximum absolute atomic E-state index is 11.1. The molecule has 0 aromatic heterocycles. The monoisotopic (exact) mass is 584 g/mol. The van der Waals surface area contributed by atoms with Gasteiger partial charge in [0.05, 0.1) is 6.61 Å². The number of esters is 1. The average molecular weight is 586 g/mol. The first-order chi connectivity index (χ1) is 15.6. The molecule has 0 aromatic carbocycles. The van der Waals surface area contributed by atoms with Crippen molar-refractivity contribution < 1.29 is 19.4 Å². The van der Waals surface area contributed by atoms with Crippen molar-refractivity contribution in [1.29, 1.82) is 0 Å². The van der Waals surface area contributed by atoms with Crippen molar-refractivity contribution in [3.8, 4) is 0 Å². The summed E-state index contributed by atoms with van der Waals surface area (Å²) in [5.41, 5.74) is 0. The Kier molecular flexibility index (Phi) is 32.9. The van der Waals surface area contributed by atoms with E-state index in [4.69, 9.17) is 9.84 Å². The molecule has 192 valence electrons. The molecule has 0 aliphatic rings. The summed E-state index contributed by atoms with van der Waals surface area (Å²) >= 11 is 6.87. The maximum atomic E-state index is 11.1. The number of hydrogen-bond donors (Lipinski definition) is 1. The topological polar surface area (TPSA) is 63.6 Å². The van der Waals surface area contributed by atoms with Gasteiger partial charge in [-0.25, -0.2) is 0 Å². The van der Waals surface area contributed by atoms with Gasteiger partial charge in [-0.05, 0) is 32.6 Å². The molecule has 0 rings (SSSR count). The Morgan fingerprint density at radius 2 is 0.875 bits per heavy atom. The molecule has 0 atom stereocenters. The van der Waals surface area contributed by atoms with E-state index in [0.717, 1.165) is 29.9 Å². The molecule has 0 amide bonds. The summed E-state index contributed by atoms with van der Waals surface area (Å²) in [4.78, 5) is 21.3. The van der Waals surface area contributed by atoms with Gasteiger partial charge in [-0.2, -0.15) is 0 Å². The van der Waals surface area contributed by atoms with Gasteiger partial charge in [0, 0.05) is 23.5 Å². The molecule has 32 heavy (non-hydrogen) atoms. The molecule has 0 fully saturated rings. The predicted octanol–water partition coefficient (Wildman–Crippen LogP) is 9.21. The predicted molar refractivity (Wildman–Crippen MR) is 144 cm³/mol. The van der Waals surface area contributed by atoms with E-state index >= 15 is 0 Å². The van der Waals surface area contributed by atoms with Crippen LogP contribution in [0.25, 0.3) is 0 Å². The van der Waals surface area contributed by atoms with Crippen molar-refractivity contribution in [2.75, 3.05) is 17.3 Å². The van der Waals surface area contributed by atoms with E-state index in [1.807, 2.05) is 6.92 Å². The van der Waals surface area contributed by atoms with Gasteiger partial charge in [-0.1, -0.05) is 122 Å². The second kappa shape index (κ2) is 30.9. The van der Waals surface area contributed by atoms with Gasteiger partial charge < -0.3 is 9.84 Å². The fourth-order valence-electron chi connectivity index (χ4n) is 3.44. The number of halogens is 2. The van der Waals surface area contributed by atoms with Gasteiger partial charge in [0.25, 0.3) is 0 Å². The summed E-state index contributed by atoms with van der Waals surface area (Å²) in [6, 6.07) is 0. The Hall–Kier alpha value is -0.100. The third-order valence-corrected chi connectivity index (χ3v) is 6.47. The third-order valence-electron chi connectivity index (χ3n) is 5.34. The zero-order chi connectivity index (χ0) is 24.1. The largest absolute Gasteiger partial charge is 0.481 e.